The van der Waals surface area contributed by atoms with Crippen molar-refractivity contribution in [1.82, 2.24) is 0 Å². The van der Waals surface area contributed by atoms with E-state index in [-0.39, 0.29) is 0 Å². The zero-order valence-electron chi connectivity index (χ0n) is 11.5. The van der Waals surface area contributed by atoms with Gasteiger partial charge in [-0.05, 0) is 31.9 Å². The second kappa shape index (κ2) is 5.28. The first-order valence-electron chi connectivity index (χ1n) is 5.78. The van der Waals surface area contributed by atoms with Gasteiger partial charge in [0.2, 0.25) is 0 Å². The zero-order chi connectivity index (χ0) is 14.1. The molecular weight excluding hydrogens is 250 g/mol. The normalized spacial score (nSPS) is 15.2. The molecule has 0 aliphatic heterocycles. The summed E-state index contributed by atoms with van der Waals surface area (Å²) in [5.74, 6) is 0.679. The fourth-order valence-corrected chi connectivity index (χ4v) is 2.54. The Morgan fingerprint density at radius 1 is 1.28 bits per heavy atom. The minimum Gasteiger partial charge on any atom is -0.496 e. The highest BCUT2D eigenvalue weighted by Gasteiger charge is 2.27. The molecule has 0 saturated heterocycles. The van der Waals surface area contributed by atoms with Crippen LogP contribution >= 0.6 is 0 Å². The van der Waals surface area contributed by atoms with Crippen molar-refractivity contribution in [2.45, 2.75) is 32.1 Å². The number of aryl methyl sites for hydroxylation is 1. The molecule has 1 aromatic carbocycles. The maximum atomic E-state index is 11.6. The molecule has 0 aliphatic rings. The summed E-state index contributed by atoms with van der Waals surface area (Å²) in [4.78, 5) is 0. The van der Waals surface area contributed by atoms with Crippen molar-refractivity contribution >= 4 is 9.84 Å². The summed E-state index contributed by atoms with van der Waals surface area (Å²) in [5, 5.41) is -0.645. The van der Waals surface area contributed by atoms with Crippen LogP contribution in [0.4, 0.5) is 0 Å². The molecule has 18 heavy (non-hydrogen) atoms. The topological polar surface area (TPSA) is 69.4 Å². The minimum atomic E-state index is -3.18. The van der Waals surface area contributed by atoms with Gasteiger partial charge in [-0.2, -0.15) is 0 Å². The van der Waals surface area contributed by atoms with Crippen molar-refractivity contribution in [2.75, 3.05) is 13.4 Å². The third-order valence-electron chi connectivity index (χ3n) is 3.45. The molecule has 0 aromatic heterocycles. The van der Waals surface area contributed by atoms with E-state index in [2.05, 4.69) is 0 Å². The van der Waals surface area contributed by atoms with E-state index in [1.165, 1.54) is 6.26 Å². The molecule has 2 unspecified atom stereocenters. The molecule has 0 fully saturated rings. The van der Waals surface area contributed by atoms with Gasteiger partial charge in [-0.3, -0.25) is 0 Å². The molecule has 0 radical (unpaired) electrons. The Morgan fingerprint density at radius 3 is 2.28 bits per heavy atom. The number of benzene rings is 1. The van der Waals surface area contributed by atoms with Crippen molar-refractivity contribution in [3.8, 4) is 5.75 Å². The molecule has 1 rings (SSSR count). The quantitative estimate of drug-likeness (QED) is 0.905. The third kappa shape index (κ3) is 2.84. The molecule has 2 N–H and O–H groups in total. The van der Waals surface area contributed by atoms with E-state index in [9.17, 15) is 8.42 Å². The van der Waals surface area contributed by atoms with Crippen LogP contribution < -0.4 is 10.5 Å². The predicted octanol–water partition coefficient (Wildman–Crippen LogP) is 1.74. The highest BCUT2D eigenvalue weighted by molar-refractivity contribution is 7.91. The summed E-state index contributed by atoms with van der Waals surface area (Å²) in [6.07, 6.45) is 1.20. The fourth-order valence-electron chi connectivity index (χ4n) is 1.86. The Balaban J connectivity index is 3.30. The van der Waals surface area contributed by atoms with Crippen LogP contribution in [0.3, 0.4) is 0 Å². The molecule has 0 amide bonds. The SMILES string of the molecule is COc1c(C(N)C(C)S(C)(=O)=O)ccc(C)c1C. The minimum absolute atomic E-state index is 0.589. The first-order valence-corrected chi connectivity index (χ1v) is 7.74. The van der Waals surface area contributed by atoms with Gasteiger partial charge in [0.15, 0.2) is 9.84 Å². The molecule has 0 heterocycles. The standard InChI is InChI=1S/C13H21NO3S/c1-8-6-7-11(13(17-4)9(8)2)12(14)10(3)18(5,15)16/h6-7,10,12H,14H2,1-5H3. The van der Waals surface area contributed by atoms with Crippen LogP contribution in [0.25, 0.3) is 0 Å². The van der Waals surface area contributed by atoms with Crippen molar-refractivity contribution in [3.05, 3.63) is 28.8 Å². The Morgan fingerprint density at radius 2 is 1.83 bits per heavy atom. The predicted molar refractivity (Wildman–Crippen MR) is 73.7 cm³/mol. The Kier molecular flexibility index (Phi) is 4.40. The number of rotatable bonds is 4. The van der Waals surface area contributed by atoms with Crippen molar-refractivity contribution in [1.29, 1.82) is 0 Å². The fraction of sp³-hybridized carbons (Fsp3) is 0.538. The van der Waals surface area contributed by atoms with Crippen LogP contribution in [0.15, 0.2) is 12.1 Å². The summed E-state index contributed by atoms with van der Waals surface area (Å²) in [6.45, 7) is 5.54. The highest BCUT2D eigenvalue weighted by atomic mass is 32.2. The third-order valence-corrected chi connectivity index (χ3v) is 5.10. The molecule has 4 nitrogen and oxygen atoms in total. The molecule has 0 spiro atoms. The van der Waals surface area contributed by atoms with Crippen molar-refractivity contribution in [2.24, 2.45) is 5.73 Å². The maximum Gasteiger partial charge on any atom is 0.151 e. The number of nitrogens with two attached hydrogens (primary N) is 1. The van der Waals surface area contributed by atoms with Gasteiger partial charge in [-0.25, -0.2) is 8.42 Å². The molecule has 0 saturated carbocycles. The summed E-state index contributed by atoms with van der Waals surface area (Å²) >= 11 is 0. The highest BCUT2D eigenvalue weighted by Crippen LogP contribution is 2.32. The van der Waals surface area contributed by atoms with Gasteiger partial charge >= 0.3 is 0 Å². The van der Waals surface area contributed by atoms with Gasteiger partial charge in [0.1, 0.15) is 5.75 Å². The molecule has 5 heteroatoms. The molecule has 1 aromatic rings. The summed E-state index contributed by atoms with van der Waals surface area (Å²) in [7, 11) is -1.61. The Bertz CT molecular complexity index is 537. The number of sulfone groups is 1. The summed E-state index contributed by atoms with van der Waals surface area (Å²) < 4.78 is 28.5. The average molecular weight is 271 g/mol. The number of hydrogen-bond donors (Lipinski definition) is 1. The van der Waals surface area contributed by atoms with Crippen molar-refractivity contribution in [3.63, 3.8) is 0 Å². The number of methoxy groups -OCH3 is 1. The van der Waals surface area contributed by atoms with E-state index in [0.29, 0.717) is 5.75 Å². The van der Waals surface area contributed by atoms with Gasteiger partial charge in [-0.15, -0.1) is 0 Å². The van der Waals surface area contributed by atoms with Crippen molar-refractivity contribution < 1.29 is 13.2 Å². The van der Waals surface area contributed by atoms with E-state index >= 15 is 0 Å². The van der Waals surface area contributed by atoms with Gasteiger partial charge in [0, 0.05) is 17.9 Å². The van der Waals surface area contributed by atoms with Crippen LogP contribution in [-0.4, -0.2) is 27.0 Å². The molecule has 0 aliphatic carbocycles. The lowest BCUT2D eigenvalue weighted by Gasteiger charge is -2.22. The first kappa shape index (κ1) is 15.0. The van der Waals surface area contributed by atoms with Gasteiger partial charge in [0.25, 0.3) is 0 Å². The van der Waals surface area contributed by atoms with E-state index < -0.39 is 21.1 Å². The van der Waals surface area contributed by atoms with Gasteiger partial charge in [0.05, 0.1) is 12.4 Å². The smallest absolute Gasteiger partial charge is 0.151 e. The molecule has 102 valence electrons. The lowest BCUT2D eigenvalue weighted by atomic mass is 9.98. The van der Waals surface area contributed by atoms with E-state index in [4.69, 9.17) is 10.5 Å². The Hall–Kier alpha value is -1.07. The van der Waals surface area contributed by atoms with Crippen LogP contribution in [0.1, 0.15) is 29.7 Å². The summed E-state index contributed by atoms with van der Waals surface area (Å²) in [6, 6.07) is 3.18. The maximum absolute atomic E-state index is 11.6. The summed E-state index contributed by atoms with van der Waals surface area (Å²) in [5.41, 5.74) is 8.88. The van der Waals surface area contributed by atoms with Crippen LogP contribution in [0.5, 0.6) is 5.75 Å². The average Bonchev–Trinajstić information content (AvgIpc) is 2.29. The largest absolute Gasteiger partial charge is 0.496 e. The Labute approximate surface area is 109 Å². The van der Waals surface area contributed by atoms with E-state index in [1.807, 2.05) is 26.0 Å². The molecule has 0 bridgehead atoms. The van der Waals surface area contributed by atoms with Gasteiger partial charge < -0.3 is 10.5 Å². The second-order valence-corrected chi connectivity index (χ2v) is 7.09. The monoisotopic (exact) mass is 271 g/mol. The van der Waals surface area contributed by atoms with Crippen LogP contribution in [0.2, 0.25) is 0 Å². The first-order chi connectivity index (χ1) is 8.20. The number of ether oxygens (including phenoxy) is 1. The lowest BCUT2D eigenvalue weighted by Crippen LogP contribution is -2.30. The number of hydrogen-bond acceptors (Lipinski definition) is 4. The van der Waals surface area contributed by atoms with Crippen LogP contribution in [-0.2, 0) is 9.84 Å². The second-order valence-electron chi connectivity index (χ2n) is 4.69. The zero-order valence-corrected chi connectivity index (χ0v) is 12.3. The van der Waals surface area contributed by atoms with Gasteiger partial charge in [-0.1, -0.05) is 12.1 Å². The molecule has 2 atom stereocenters. The lowest BCUT2D eigenvalue weighted by molar-refractivity contribution is 0.401. The van der Waals surface area contributed by atoms with E-state index in [0.717, 1.165) is 16.7 Å². The molecular formula is C13H21NO3S. The van der Waals surface area contributed by atoms with Crippen LogP contribution in [0, 0.1) is 13.8 Å². The van der Waals surface area contributed by atoms with E-state index in [1.54, 1.807) is 14.0 Å².